The number of thiophene rings is 1. The number of nitrogens with one attached hydrogen (secondary N) is 1. The summed E-state index contributed by atoms with van der Waals surface area (Å²) in [6, 6.07) is 0. The van der Waals surface area contributed by atoms with Crippen molar-refractivity contribution in [2.45, 2.75) is 33.1 Å². The third kappa shape index (κ3) is 1.90. The summed E-state index contributed by atoms with van der Waals surface area (Å²) in [5.74, 6) is 1.66. The highest BCUT2D eigenvalue weighted by Gasteiger charge is 2.20. The van der Waals surface area contributed by atoms with Gasteiger partial charge in [0.15, 0.2) is 0 Å². The Kier molecular flexibility index (Phi) is 2.74. The fraction of sp³-hybridized carbons (Fsp3) is 0.538. The van der Waals surface area contributed by atoms with Crippen LogP contribution in [0.3, 0.4) is 0 Å². The highest BCUT2D eigenvalue weighted by atomic mass is 32.1. The van der Waals surface area contributed by atoms with E-state index in [2.05, 4.69) is 29.1 Å². The van der Waals surface area contributed by atoms with Crippen molar-refractivity contribution in [3.05, 3.63) is 16.8 Å². The van der Waals surface area contributed by atoms with Gasteiger partial charge in [-0.15, -0.1) is 11.3 Å². The van der Waals surface area contributed by atoms with Crippen molar-refractivity contribution in [2.24, 2.45) is 5.92 Å². The lowest BCUT2D eigenvalue weighted by Gasteiger charge is -2.09. The van der Waals surface area contributed by atoms with Crippen LogP contribution in [0.25, 0.3) is 10.2 Å². The van der Waals surface area contributed by atoms with Crippen LogP contribution in [0.15, 0.2) is 6.33 Å². The van der Waals surface area contributed by atoms with Gasteiger partial charge in [0.05, 0.1) is 5.39 Å². The van der Waals surface area contributed by atoms with E-state index >= 15 is 0 Å². The van der Waals surface area contributed by atoms with E-state index in [1.165, 1.54) is 35.1 Å². The quantitative estimate of drug-likeness (QED) is 0.904. The molecule has 0 aliphatic heterocycles. The Balaban J connectivity index is 2.05. The number of fused-ring (bicyclic) bond motifs is 3. The maximum absolute atomic E-state index is 4.41. The van der Waals surface area contributed by atoms with Crippen molar-refractivity contribution in [1.82, 2.24) is 9.97 Å². The molecule has 0 radical (unpaired) electrons. The number of aryl methyl sites for hydroxylation is 2. The first-order chi connectivity index (χ1) is 8.25. The molecule has 0 bridgehead atoms. The molecule has 2 aromatic heterocycles. The lowest BCUT2D eigenvalue weighted by molar-refractivity contribution is 0.687. The molecular formula is C13H17N3S. The molecule has 0 saturated carbocycles. The van der Waals surface area contributed by atoms with Gasteiger partial charge in [-0.3, -0.25) is 0 Å². The van der Waals surface area contributed by atoms with Crippen molar-refractivity contribution in [2.75, 3.05) is 11.9 Å². The van der Waals surface area contributed by atoms with E-state index in [1.807, 2.05) is 11.3 Å². The van der Waals surface area contributed by atoms with Crippen LogP contribution in [0.2, 0.25) is 0 Å². The number of hydrogen-bond acceptors (Lipinski definition) is 4. The average Bonchev–Trinajstić information content (AvgIpc) is 2.85. The van der Waals surface area contributed by atoms with Gasteiger partial charge in [-0.1, -0.05) is 13.8 Å². The Morgan fingerprint density at radius 1 is 1.35 bits per heavy atom. The van der Waals surface area contributed by atoms with E-state index in [9.17, 15) is 0 Å². The highest BCUT2D eigenvalue weighted by Crippen LogP contribution is 2.38. The third-order valence-corrected chi connectivity index (χ3v) is 4.38. The fourth-order valence-electron chi connectivity index (χ4n) is 2.36. The lowest BCUT2D eigenvalue weighted by atomic mass is 10.2. The zero-order valence-corrected chi connectivity index (χ0v) is 11.1. The first kappa shape index (κ1) is 11.0. The molecule has 0 atom stereocenters. The van der Waals surface area contributed by atoms with Crippen LogP contribution >= 0.6 is 11.3 Å². The minimum Gasteiger partial charge on any atom is -0.369 e. The second-order valence-electron chi connectivity index (χ2n) is 5.03. The number of nitrogens with zero attached hydrogens (tertiary/aromatic N) is 2. The van der Waals surface area contributed by atoms with Gasteiger partial charge in [0, 0.05) is 11.4 Å². The van der Waals surface area contributed by atoms with Crippen LogP contribution in [0, 0.1) is 5.92 Å². The summed E-state index contributed by atoms with van der Waals surface area (Å²) in [5.41, 5.74) is 1.50. The van der Waals surface area contributed by atoms with E-state index in [0.29, 0.717) is 5.92 Å². The van der Waals surface area contributed by atoms with Crippen molar-refractivity contribution in [3.8, 4) is 0 Å². The summed E-state index contributed by atoms with van der Waals surface area (Å²) in [6.07, 6.45) is 5.38. The van der Waals surface area contributed by atoms with Crippen molar-refractivity contribution < 1.29 is 0 Å². The predicted octanol–water partition coefficient (Wildman–Crippen LogP) is 3.25. The Morgan fingerprint density at radius 3 is 3.06 bits per heavy atom. The van der Waals surface area contributed by atoms with E-state index in [1.54, 1.807) is 6.33 Å². The minimum absolute atomic E-state index is 0.631. The molecule has 1 aliphatic rings. The molecule has 17 heavy (non-hydrogen) atoms. The molecule has 4 heteroatoms. The Labute approximate surface area is 105 Å². The molecule has 3 rings (SSSR count). The first-order valence-corrected chi connectivity index (χ1v) is 7.06. The van der Waals surface area contributed by atoms with Gasteiger partial charge in [-0.05, 0) is 30.7 Å². The van der Waals surface area contributed by atoms with Crippen LogP contribution < -0.4 is 5.32 Å². The molecule has 3 nitrogen and oxygen atoms in total. The topological polar surface area (TPSA) is 37.8 Å². The number of hydrogen-bond donors (Lipinski definition) is 1. The average molecular weight is 247 g/mol. The second kappa shape index (κ2) is 4.26. The third-order valence-electron chi connectivity index (χ3n) is 3.18. The van der Waals surface area contributed by atoms with Crippen LogP contribution in [0.4, 0.5) is 5.82 Å². The van der Waals surface area contributed by atoms with Gasteiger partial charge in [0.2, 0.25) is 0 Å². The summed E-state index contributed by atoms with van der Waals surface area (Å²) in [5, 5.41) is 4.74. The minimum atomic E-state index is 0.631. The Hall–Kier alpha value is -1.16. The summed E-state index contributed by atoms with van der Waals surface area (Å²) in [4.78, 5) is 11.5. The van der Waals surface area contributed by atoms with Crippen LogP contribution in [-0.2, 0) is 12.8 Å². The molecule has 1 N–H and O–H groups in total. The molecule has 0 amide bonds. The monoisotopic (exact) mass is 247 g/mol. The largest absolute Gasteiger partial charge is 0.369 e. The molecule has 2 heterocycles. The van der Waals surface area contributed by atoms with Gasteiger partial charge in [0.25, 0.3) is 0 Å². The second-order valence-corrected chi connectivity index (χ2v) is 6.12. The maximum atomic E-state index is 4.41. The van der Waals surface area contributed by atoms with E-state index in [4.69, 9.17) is 0 Å². The zero-order valence-electron chi connectivity index (χ0n) is 10.3. The Bertz CT molecular complexity index is 545. The van der Waals surface area contributed by atoms with Gasteiger partial charge >= 0.3 is 0 Å². The molecule has 1 aliphatic carbocycles. The number of aromatic nitrogens is 2. The first-order valence-electron chi connectivity index (χ1n) is 6.25. The van der Waals surface area contributed by atoms with Crippen molar-refractivity contribution in [1.29, 1.82) is 0 Å². The smallest absolute Gasteiger partial charge is 0.138 e. The van der Waals surface area contributed by atoms with Crippen LogP contribution in [0.5, 0.6) is 0 Å². The molecule has 0 spiro atoms. The molecule has 0 aromatic carbocycles. The molecule has 0 saturated heterocycles. The number of rotatable bonds is 3. The van der Waals surface area contributed by atoms with E-state index in [-0.39, 0.29) is 0 Å². The standard InChI is InChI=1S/C13H17N3S/c1-8(2)6-14-12-11-9-4-3-5-10(9)17-13(11)16-7-15-12/h7-8H,3-6H2,1-2H3,(H,14,15,16). The van der Waals surface area contributed by atoms with Gasteiger partial charge < -0.3 is 5.32 Å². The summed E-state index contributed by atoms with van der Waals surface area (Å²) in [7, 11) is 0. The van der Waals surface area contributed by atoms with Gasteiger partial charge in [0.1, 0.15) is 17.0 Å². The SMILES string of the molecule is CC(C)CNc1ncnc2sc3c(c12)CCC3. The Morgan fingerprint density at radius 2 is 2.24 bits per heavy atom. The highest BCUT2D eigenvalue weighted by molar-refractivity contribution is 7.19. The molecule has 2 aromatic rings. The maximum Gasteiger partial charge on any atom is 0.138 e. The molecule has 90 valence electrons. The predicted molar refractivity (Wildman–Crippen MR) is 72.8 cm³/mol. The lowest BCUT2D eigenvalue weighted by Crippen LogP contribution is -2.09. The van der Waals surface area contributed by atoms with E-state index < -0.39 is 0 Å². The van der Waals surface area contributed by atoms with Crippen LogP contribution in [0.1, 0.15) is 30.7 Å². The molecular weight excluding hydrogens is 230 g/mol. The summed E-state index contributed by atoms with van der Waals surface area (Å²) < 4.78 is 0. The van der Waals surface area contributed by atoms with Gasteiger partial charge in [-0.2, -0.15) is 0 Å². The number of anilines is 1. The zero-order chi connectivity index (χ0) is 11.8. The van der Waals surface area contributed by atoms with Crippen molar-refractivity contribution >= 4 is 27.4 Å². The molecule has 0 fully saturated rings. The van der Waals surface area contributed by atoms with Crippen molar-refractivity contribution in [3.63, 3.8) is 0 Å². The fourth-order valence-corrected chi connectivity index (χ4v) is 3.59. The van der Waals surface area contributed by atoms with Crippen LogP contribution in [-0.4, -0.2) is 16.5 Å². The summed E-state index contributed by atoms with van der Waals surface area (Å²) >= 11 is 1.84. The summed E-state index contributed by atoms with van der Waals surface area (Å²) in [6.45, 7) is 5.39. The molecule has 0 unspecified atom stereocenters. The van der Waals surface area contributed by atoms with Gasteiger partial charge in [-0.25, -0.2) is 9.97 Å². The normalized spacial score (nSPS) is 14.5. The van der Waals surface area contributed by atoms with E-state index in [0.717, 1.165) is 17.2 Å².